The summed E-state index contributed by atoms with van der Waals surface area (Å²) in [5, 5.41) is 6.94. The van der Waals surface area contributed by atoms with Crippen molar-refractivity contribution in [2.75, 3.05) is 0 Å². The Morgan fingerprint density at radius 2 is 1.73 bits per heavy atom. The first kappa shape index (κ1) is 17.7. The van der Waals surface area contributed by atoms with E-state index in [9.17, 15) is 18.0 Å². The molecule has 2 aromatic carbocycles. The van der Waals surface area contributed by atoms with Crippen molar-refractivity contribution in [3.05, 3.63) is 83.2 Å². The number of benzene rings is 2. The molecule has 1 amide bonds. The third kappa shape index (κ3) is 3.77. The van der Waals surface area contributed by atoms with E-state index >= 15 is 0 Å². The van der Waals surface area contributed by atoms with Crippen LogP contribution in [0.25, 0.3) is 5.69 Å². The summed E-state index contributed by atoms with van der Waals surface area (Å²) in [5.74, 6) is -0.329. The molecule has 1 N–H and O–H groups in total. The van der Waals surface area contributed by atoms with Crippen LogP contribution < -0.4 is 5.32 Å². The van der Waals surface area contributed by atoms with Gasteiger partial charge in [0.15, 0.2) is 0 Å². The van der Waals surface area contributed by atoms with Crippen LogP contribution >= 0.6 is 0 Å². The molecule has 3 aromatic rings. The smallest absolute Gasteiger partial charge is 0.348 e. The molecule has 7 heteroatoms. The normalized spacial score (nSPS) is 11.4. The van der Waals surface area contributed by atoms with Gasteiger partial charge in [0.1, 0.15) is 0 Å². The van der Waals surface area contributed by atoms with Crippen molar-refractivity contribution in [2.24, 2.45) is 0 Å². The fourth-order valence-corrected chi connectivity index (χ4v) is 2.55. The average Bonchev–Trinajstić information content (AvgIpc) is 3.01. The summed E-state index contributed by atoms with van der Waals surface area (Å²) in [6, 6.07) is 14.1. The zero-order valence-corrected chi connectivity index (χ0v) is 13.9. The summed E-state index contributed by atoms with van der Waals surface area (Å²) in [6.45, 7) is 1.92. The van der Waals surface area contributed by atoms with Crippen LogP contribution in [0.4, 0.5) is 13.2 Å². The van der Waals surface area contributed by atoms with Gasteiger partial charge in [-0.3, -0.25) is 4.79 Å². The van der Waals surface area contributed by atoms with Gasteiger partial charge >= 0.3 is 6.18 Å². The van der Waals surface area contributed by atoms with Crippen molar-refractivity contribution in [3.8, 4) is 5.69 Å². The van der Waals surface area contributed by atoms with Gasteiger partial charge in [-0.25, -0.2) is 4.68 Å². The molecule has 0 aliphatic heterocycles. The summed E-state index contributed by atoms with van der Waals surface area (Å²) in [6.07, 6.45) is -2.89. The number of nitrogens with one attached hydrogen (secondary N) is 1. The summed E-state index contributed by atoms with van der Waals surface area (Å²) in [4.78, 5) is 12.4. The van der Waals surface area contributed by atoms with Gasteiger partial charge in [-0.1, -0.05) is 30.3 Å². The third-order valence-electron chi connectivity index (χ3n) is 3.99. The number of alkyl halides is 3. The molecule has 0 saturated heterocycles. The standard InChI is InChI=1S/C19H16F3N3O/c1-13-17(12-24-25(13)16-5-3-2-4-6-16)18(26)23-11-14-7-9-15(10-8-14)19(20,21)22/h2-10,12H,11H2,1H3,(H,23,26). The second kappa shape index (κ2) is 7.03. The van der Waals surface area contributed by atoms with Crippen LogP contribution in [0.2, 0.25) is 0 Å². The highest BCUT2D eigenvalue weighted by atomic mass is 19.4. The van der Waals surface area contributed by atoms with Crippen molar-refractivity contribution in [3.63, 3.8) is 0 Å². The molecule has 3 rings (SSSR count). The van der Waals surface area contributed by atoms with E-state index < -0.39 is 11.7 Å². The van der Waals surface area contributed by atoms with Gasteiger partial charge in [0.25, 0.3) is 5.91 Å². The highest BCUT2D eigenvalue weighted by Crippen LogP contribution is 2.29. The van der Waals surface area contributed by atoms with E-state index in [1.807, 2.05) is 30.3 Å². The van der Waals surface area contributed by atoms with Gasteiger partial charge in [-0.2, -0.15) is 18.3 Å². The molecule has 0 bridgehead atoms. The number of para-hydroxylation sites is 1. The summed E-state index contributed by atoms with van der Waals surface area (Å²) in [7, 11) is 0. The Hall–Kier alpha value is -3.09. The lowest BCUT2D eigenvalue weighted by atomic mass is 10.1. The second-order valence-electron chi connectivity index (χ2n) is 5.77. The first-order valence-electron chi connectivity index (χ1n) is 7.90. The SMILES string of the molecule is Cc1c(C(=O)NCc2ccc(C(F)(F)F)cc2)cnn1-c1ccccc1. The Bertz CT molecular complexity index is 900. The highest BCUT2D eigenvalue weighted by Gasteiger charge is 2.29. The van der Waals surface area contributed by atoms with Gasteiger partial charge in [-0.05, 0) is 36.8 Å². The number of nitrogens with zero attached hydrogens (tertiary/aromatic N) is 2. The molecule has 0 spiro atoms. The molecule has 134 valence electrons. The molecule has 0 atom stereocenters. The molecule has 1 aromatic heterocycles. The zero-order chi connectivity index (χ0) is 18.7. The minimum absolute atomic E-state index is 0.132. The van der Waals surface area contributed by atoms with E-state index in [4.69, 9.17) is 0 Å². The Morgan fingerprint density at radius 3 is 2.35 bits per heavy atom. The number of aromatic nitrogens is 2. The summed E-state index contributed by atoms with van der Waals surface area (Å²) >= 11 is 0. The van der Waals surface area contributed by atoms with Crippen LogP contribution in [0.3, 0.4) is 0 Å². The van der Waals surface area contributed by atoms with Gasteiger partial charge in [-0.15, -0.1) is 0 Å². The molecule has 0 fully saturated rings. The molecule has 26 heavy (non-hydrogen) atoms. The largest absolute Gasteiger partial charge is 0.416 e. The number of halogens is 3. The second-order valence-corrected chi connectivity index (χ2v) is 5.77. The van der Waals surface area contributed by atoms with Gasteiger partial charge in [0.05, 0.1) is 28.7 Å². The number of rotatable bonds is 4. The number of hydrogen-bond donors (Lipinski definition) is 1. The number of amides is 1. The fraction of sp³-hybridized carbons (Fsp3) is 0.158. The molecule has 0 radical (unpaired) electrons. The first-order valence-corrected chi connectivity index (χ1v) is 7.90. The van der Waals surface area contributed by atoms with E-state index in [0.717, 1.165) is 17.8 Å². The lowest BCUT2D eigenvalue weighted by Crippen LogP contribution is -2.23. The quantitative estimate of drug-likeness (QED) is 0.761. The zero-order valence-electron chi connectivity index (χ0n) is 13.9. The number of carbonyl (C=O) groups excluding carboxylic acids is 1. The lowest BCUT2D eigenvalue weighted by Gasteiger charge is -2.09. The van der Waals surface area contributed by atoms with Crippen molar-refractivity contribution >= 4 is 5.91 Å². The molecule has 1 heterocycles. The summed E-state index contributed by atoms with van der Waals surface area (Å²) < 4.78 is 39.3. The first-order chi connectivity index (χ1) is 12.4. The predicted octanol–water partition coefficient (Wildman–Crippen LogP) is 4.13. The Labute approximate surface area is 148 Å². The van der Waals surface area contributed by atoms with Crippen LogP contribution in [-0.4, -0.2) is 15.7 Å². The molecule has 0 unspecified atom stereocenters. The molecule has 0 aliphatic carbocycles. The van der Waals surface area contributed by atoms with Crippen molar-refractivity contribution in [1.82, 2.24) is 15.1 Å². The molecule has 0 aliphatic rings. The van der Waals surface area contributed by atoms with E-state index in [0.29, 0.717) is 16.8 Å². The van der Waals surface area contributed by atoms with E-state index in [1.165, 1.54) is 18.3 Å². The number of hydrogen-bond acceptors (Lipinski definition) is 2. The van der Waals surface area contributed by atoms with Crippen molar-refractivity contribution < 1.29 is 18.0 Å². The maximum Gasteiger partial charge on any atom is 0.416 e. The number of carbonyl (C=O) groups is 1. The monoisotopic (exact) mass is 359 g/mol. The van der Waals surface area contributed by atoms with Gasteiger partial charge in [0.2, 0.25) is 0 Å². The Balaban J connectivity index is 1.68. The lowest BCUT2D eigenvalue weighted by molar-refractivity contribution is -0.137. The Kier molecular flexibility index (Phi) is 4.79. The van der Waals surface area contributed by atoms with Crippen LogP contribution in [0.1, 0.15) is 27.2 Å². The van der Waals surface area contributed by atoms with Gasteiger partial charge in [0, 0.05) is 6.54 Å². The maximum absolute atomic E-state index is 12.6. The minimum Gasteiger partial charge on any atom is -0.348 e. The van der Waals surface area contributed by atoms with E-state index in [-0.39, 0.29) is 12.5 Å². The van der Waals surface area contributed by atoms with E-state index in [1.54, 1.807) is 11.6 Å². The predicted molar refractivity (Wildman–Crippen MR) is 90.9 cm³/mol. The summed E-state index contributed by atoms with van der Waals surface area (Å²) in [5.41, 5.74) is 1.81. The molecular formula is C19H16F3N3O. The molecular weight excluding hydrogens is 343 g/mol. The highest BCUT2D eigenvalue weighted by molar-refractivity contribution is 5.95. The molecule has 0 saturated carbocycles. The van der Waals surface area contributed by atoms with Crippen LogP contribution in [0.5, 0.6) is 0 Å². The topological polar surface area (TPSA) is 46.9 Å². The average molecular weight is 359 g/mol. The fourth-order valence-electron chi connectivity index (χ4n) is 2.55. The molecule has 4 nitrogen and oxygen atoms in total. The maximum atomic E-state index is 12.6. The van der Waals surface area contributed by atoms with Crippen LogP contribution in [0.15, 0.2) is 60.8 Å². The van der Waals surface area contributed by atoms with Crippen molar-refractivity contribution in [1.29, 1.82) is 0 Å². The Morgan fingerprint density at radius 1 is 1.08 bits per heavy atom. The van der Waals surface area contributed by atoms with Crippen LogP contribution in [-0.2, 0) is 12.7 Å². The minimum atomic E-state index is -4.37. The van der Waals surface area contributed by atoms with Gasteiger partial charge < -0.3 is 5.32 Å². The third-order valence-corrected chi connectivity index (χ3v) is 3.99. The van der Waals surface area contributed by atoms with E-state index in [2.05, 4.69) is 10.4 Å². The van der Waals surface area contributed by atoms with Crippen molar-refractivity contribution in [2.45, 2.75) is 19.6 Å². The van der Waals surface area contributed by atoms with Crippen LogP contribution in [0, 0.1) is 6.92 Å².